The van der Waals surface area contributed by atoms with Crippen molar-refractivity contribution in [3.8, 4) is 0 Å². The van der Waals surface area contributed by atoms with Gasteiger partial charge in [-0.1, -0.05) is 70.8 Å². The predicted molar refractivity (Wildman–Crippen MR) is 138 cm³/mol. The second kappa shape index (κ2) is 9.74. The van der Waals surface area contributed by atoms with Crippen LogP contribution in [0.2, 0.25) is 5.02 Å². The molecule has 0 saturated heterocycles. The molecule has 1 heterocycles. The SMILES string of the molecule is Cc1ccc(C=c2sc(=CC(=O)c3cc(C)cc(C)c3)n(Cc3ccc(Cl)cc3)c2=O)cc1. The highest BCUT2D eigenvalue weighted by atomic mass is 35.5. The van der Waals surface area contributed by atoms with Crippen LogP contribution in [0.4, 0.5) is 0 Å². The van der Waals surface area contributed by atoms with E-state index in [1.54, 1.807) is 22.8 Å². The van der Waals surface area contributed by atoms with Gasteiger partial charge in [0, 0.05) is 16.7 Å². The van der Waals surface area contributed by atoms with Crippen molar-refractivity contribution in [3.05, 3.63) is 125 Å². The van der Waals surface area contributed by atoms with E-state index in [2.05, 4.69) is 0 Å². The van der Waals surface area contributed by atoms with Crippen molar-refractivity contribution in [1.29, 1.82) is 0 Å². The van der Waals surface area contributed by atoms with Crippen molar-refractivity contribution in [2.24, 2.45) is 0 Å². The number of ketones is 1. The van der Waals surface area contributed by atoms with Gasteiger partial charge in [0.2, 0.25) is 0 Å². The Balaban J connectivity index is 1.85. The number of rotatable bonds is 5. The molecule has 5 heteroatoms. The standard InChI is InChI=1S/C28H24ClNO2S/c1-18-4-6-21(7-5-18)15-26-28(32)30(17-22-8-10-24(29)11-9-22)27(33-26)16-25(31)23-13-19(2)12-20(3)14-23/h4-16H,17H2,1-3H3. The molecule has 3 nitrogen and oxygen atoms in total. The zero-order valence-corrected chi connectivity index (χ0v) is 20.3. The maximum atomic E-state index is 13.3. The monoisotopic (exact) mass is 473 g/mol. The largest absolute Gasteiger partial charge is 0.294 e. The molecule has 0 radical (unpaired) electrons. The molecule has 0 spiro atoms. The van der Waals surface area contributed by atoms with Crippen LogP contribution in [0.5, 0.6) is 0 Å². The number of benzene rings is 3. The quantitative estimate of drug-likeness (QED) is 0.381. The lowest BCUT2D eigenvalue weighted by molar-refractivity contribution is 0.106. The normalized spacial score (nSPS) is 12.4. The Morgan fingerprint density at radius 3 is 2.18 bits per heavy atom. The van der Waals surface area contributed by atoms with Crippen LogP contribution in [0.3, 0.4) is 0 Å². The van der Waals surface area contributed by atoms with Gasteiger partial charge in [0.15, 0.2) is 5.78 Å². The molecule has 0 fully saturated rings. The molecule has 0 aliphatic carbocycles. The predicted octanol–water partition coefficient (Wildman–Crippen LogP) is 5.03. The van der Waals surface area contributed by atoms with Crippen LogP contribution in [-0.2, 0) is 6.54 Å². The molecule has 4 aromatic rings. The highest BCUT2D eigenvalue weighted by molar-refractivity contribution is 7.07. The van der Waals surface area contributed by atoms with Crippen molar-refractivity contribution >= 4 is 40.9 Å². The maximum Gasteiger partial charge on any atom is 0.269 e. The lowest BCUT2D eigenvalue weighted by Crippen LogP contribution is -2.32. The fourth-order valence-electron chi connectivity index (χ4n) is 3.69. The van der Waals surface area contributed by atoms with Crippen molar-refractivity contribution < 1.29 is 4.79 Å². The van der Waals surface area contributed by atoms with E-state index in [1.807, 2.05) is 81.4 Å². The number of thiazole rings is 1. The second-order valence-electron chi connectivity index (χ2n) is 8.26. The van der Waals surface area contributed by atoms with E-state index in [-0.39, 0.29) is 11.3 Å². The van der Waals surface area contributed by atoms with Crippen LogP contribution in [0.25, 0.3) is 12.2 Å². The van der Waals surface area contributed by atoms with E-state index in [4.69, 9.17) is 11.6 Å². The Hall–Kier alpha value is -3.21. The average Bonchev–Trinajstić information content (AvgIpc) is 3.05. The van der Waals surface area contributed by atoms with E-state index < -0.39 is 0 Å². The summed E-state index contributed by atoms with van der Waals surface area (Å²) in [5.41, 5.74) is 5.62. The number of nitrogens with zero attached hydrogens (tertiary/aromatic N) is 1. The first-order chi connectivity index (χ1) is 15.8. The number of aryl methyl sites for hydroxylation is 3. The summed E-state index contributed by atoms with van der Waals surface area (Å²) in [6, 6.07) is 21.2. The Morgan fingerprint density at radius 2 is 1.55 bits per heavy atom. The number of hydrogen-bond donors (Lipinski definition) is 0. The topological polar surface area (TPSA) is 39.1 Å². The molecule has 0 unspecified atom stereocenters. The van der Waals surface area contributed by atoms with Gasteiger partial charge < -0.3 is 0 Å². The van der Waals surface area contributed by atoms with Crippen molar-refractivity contribution in [1.82, 2.24) is 4.57 Å². The Bertz CT molecular complexity index is 1470. The van der Waals surface area contributed by atoms with Crippen LogP contribution < -0.4 is 14.8 Å². The number of Topliss-reactive ketones (excluding diaryl/α,β-unsaturated/α-hetero) is 1. The molecule has 0 bridgehead atoms. The minimum absolute atomic E-state index is 0.116. The molecular weight excluding hydrogens is 450 g/mol. The van der Waals surface area contributed by atoms with E-state index in [0.717, 1.165) is 27.8 Å². The summed E-state index contributed by atoms with van der Waals surface area (Å²) in [6.45, 7) is 6.33. The number of hydrogen-bond acceptors (Lipinski definition) is 3. The molecule has 0 N–H and O–H groups in total. The summed E-state index contributed by atoms with van der Waals surface area (Å²) in [4.78, 5) is 26.4. The zero-order valence-electron chi connectivity index (χ0n) is 18.8. The average molecular weight is 474 g/mol. The first kappa shape index (κ1) is 23.0. The third kappa shape index (κ3) is 5.59. The van der Waals surface area contributed by atoms with Crippen LogP contribution >= 0.6 is 22.9 Å². The van der Waals surface area contributed by atoms with Crippen LogP contribution in [0.15, 0.2) is 71.5 Å². The van der Waals surface area contributed by atoms with E-state index in [0.29, 0.717) is 26.3 Å². The molecule has 3 aromatic carbocycles. The summed E-state index contributed by atoms with van der Waals surface area (Å²) in [5, 5.41) is 0.640. The molecule has 4 rings (SSSR count). The minimum Gasteiger partial charge on any atom is -0.294 e. The van der Waals surface area contributed by atoms with Gasteiger partial charge in [0.25, 0.3) is 5.56 Å². The molecule has 0 atom stereocenters. The first-order valence-electron chi connectivity index (χ1n) is 10.7. The second-order valence-corrected chi connectivity index (χ2v) is 9.76. The fourth-order valence-corrected chi connectivity index (χ4v) is 4.86. The molecular formula is C28H24ClNO2S. The van der Waals surface area contributed by atoms with Gasteiger partial charge in [-0.3, -0.25) is 14.2 Å². The van der Waals surface area contributed by atoms with E-state index in [1.165, 1.54) is 11.3 Å². The fraction of sp³-hybridized carbons (Fsp3) is 0.143. The summed E-state index contributed by atoms with van der Waals surface area (Å²) < 4.78 is 2.87. The lowest BCUT2D eigenvalue weighted by atomic mass is 10.0. The van der Waals surface area contributed by atoms with E-state index in [9.17, 15) is 9.59 Å². The number of aromatic nitrogens is 1. The third-order valence-corrected chi connectivity index (χ3v) is 6.64. The number of carbonyl (C=O) groups is 1. The van der Waals surface area contributed by atoms with Crippen molar-refractivity contribution in [2.45, 2.75) is 27.3 Å². The van der Waals surface area contributed by atoms with Gasteiger partial charge in [-0.05, 0) is 62.2 Å². The number of carbonyl (C=O) groups excluding carboxylic acids is 1. The van der Waals surface area contributed by atoms with Crippen LogP contribution in [-0.4, -0.2) is 10.4 Å². The van der Waals surface area contributed by atoms with Gasteiger partial charge in [-0.25, -0.2) is 0 Å². The molecule has 1 aromatic heterocycles. The molecule has 0 aliphatic heterocycles. The lowest BCUT2D eigenvalue weighted by Gasteiger charge is -2.04. The molecule has 0 amide bonds. The smallest absolute Gasteiger partial charge is 0.269 e. The van der Waals surface area contributed by atoms with Crippen LogP contribution in [0, 0.1) is 20.8 Å². The summed E-state index contributed by atoms with van der Waals surface area (Å²) >= 11 is 7.35. The maximum absolute atomic E-state index is 13.3. The third-order valence-electron chi connectivity index (χ3n) is 5.33. The first-order valence-corrected chi connectivity index (χ1v) is 11.8. The summed E-state index contributed by atoms with van der Waals surface area (Å²) in [7, 11) is 0. The summed E-state index contributed by atoms with van der Waals surface area (Å²) in [6.07, 6.45) is 3.45. The molecule has 0 saturated carbocycles. The molecule has 33 heavy (non-hydrogen) atoms. The Morgan fingerprint density at radius 1 is 0.909 bits per heavy atom. The molecule has 166 valence electrons. The number of halogens is 1. The minimum atomic E-state index is -0.116. The van der Waals surface area contributed by atoms with Gasteiger partial charge in [-0.15, -0.1) is 11.3 Å². The van der Waals surface area contributed by atoms with Crippen LogP contribution in [0.1, 0.15) is 38.2 Å². The van der Waals surface area contributed by atoms with Crippen molar-refractivity contribution in [3.63, 3.8) is 0 Å². The van der Waals surface area contributed by atoms with Gasteiger partial charge >= 0.3 is 0 Å². The van der Waals surface area contributed by atoms with Gasteiger partial charge in [-0.2, -0.15) is 0 Å². The summed E-state index contributed by atoms with van der Waals surface area (Å²) in [5.74, 6) is -0.116. The zero-order chi connectivity index (χ0) is 23.5. The van der Waals surface area contributed by atoms with E-state index >= 15 is 0 Å². The Kier molecular flexibility index (Phi) is 6.77. The highest BCUT2D eigenvalue weighted by Gasteiger charge is 2.10. The van der Waals surface area contributed by atoms with Crippen molar-refractivity contribution in [2.75, 3.05) is 0 Å². The van der Waals surface area contributed by atoms with Gasteiger partial charge in [0.1, 0.15) is 4.66 Å². The van der Waals surface area contributed by atoms with Gasteiger partial charge in [0.05, 0.1) is 11.1 Å². The molecule has 0 aliphatic rings. The Labute approximate surface area is 201 Å². The highest BCUT2D eigenvalue weighted by Crippen LogP contribution is 2.11.